The summed E-state index contributed by atoms with van der Waals surface area (Å²) < 4.78 is 40.6. The summed E-state index contributed by atoms with van der Waals surface area (Å²) in [5.74, 6) is 0.186. The van der Waals surface area contributed by atoms with E-state index >= 15 is 0 Å². The third kappa shape index (κ3) is 4.79. The van der Waals surface area contributed by atoms with E-state index in [9.17, 15) is 13.2 Å². The lowest BCUT2D eigenvalue weighted by Crippen LogP contribution is -2.19. The van der Waals surface area contributed by atoms with Gasteiger partial charge in [-0.2, -0.15) is 13.2 Å². The molecule has 0 saturated heterocycles. The van der Waals surface area contributed by atoms with Crippen LogP contribution < -0.4 is 10.1 Å². The van der Waals surface area contributed by atoms with Crippen molar-refractivity contribution < 1.29 is 17.9 Å². The van der Waals surface area contributed by atoms with Gasteiger partial charge in [0, 0.05) is 11.9 Å². The molecule has 1 N–H and O–H groups in total. The zero-order valence-electron chi connectivity index (χ0n) is 10.5. The molecule has 0 aliphatic rings. The molecule has 3 nitrogen and oxygen atoms in total. The quantitative estimate of drug-likeness (QED) is 0.909. The summed E-state index contributed by atoms with van der Waals surface area (Å²) in [6.07, 6.45) is -2.62. The molecule has 1 aromatic carbocycles. The lowest BCUT2D eigenvalue weighted by Gasteiger charge is -2.10. The molecule has 6 heteroatoms. The molecule has 0 aliphatic heterocycles. The van der Waals surface area contributed by atoms with E-state index in [-0.39, 0.29) is 5.75 Å². The molecule has 0 aliphatic carbocycles. The fraction of sp³-hybridized carbons (Fsp3) is 0.214. The Bertz CT molecular complexity index is 526. The van der Waals surface area contributed by atoms with Crippen LogP contribution in [0.15, 0.2) is 48.7 Å². The fourth-order valence-corrected chi connectivity index (χ4v) is 1.53. The van der Waals surface area contributed by atoms with Gasteiger partial charge in [0.15, 0.2) is 6.61 Å². The molecule has 1 aromatic heterocycles. The Kier molecular flexibility index (Phi) is 4.45. The van der Waals surface area contributed by atoms with Crippen molar-refractivity contribution in [3.05, 3.63) is 54.4 Å². The third-order valence-electron chi connectivity index (χ3n) is 2.46. The van der Waals surface area contributed by atoms with Gasteiger partial charge in [0.25, 0.3) is 0 Å². The molecule has 0 unspecified atom stereocenters. The second kappa shape index (κ2) is 6.27. The number of hydrogen-bond acceptors (Lipinski definition) is 3. The summed E-state index contributed by atoms with van der Waals surface area (Å²) in [6, 6.07) is 11.9. The standard InChI is InChI=1S/C14H13F3N2O/c15-14(16,17)10-20-13-6-4-11(5-7-13)19-9-12-3-1-2-8-18-12/h1-8,19H,9-10H2. The number of nitrogens with one attached hydrogen (secondary N) is 1. The van der Waals surface area contributed by atoms with Crippen LogP contribution in [-0.4, -0.2) is 17.8 Å². The van der Waals surface area contributed by atoms with Crippen LogP contribution in [0, 0.1) is 0 Å². The maximum absolute atomic E-state index is 12.0. The number of anilines is 1. The van der Waals surface area contributed by atoms with Gasteiger partial charge < -0.3 is 10.1 Å². The summed E-state index contributed by atoms with van der Waals surface area (Å²) >= 11 is 0. The average molecular weight is 282 g/mol. The van der Waals surface area contributed by atoms with Crippen molar-refractivity contribution in [1.29, 1.82) is 0 Å². The number of benzene rings is 1. The van der Waals surface area contributed by atoms with Gasteiger partial charge in [0.2, 0.25) is 0 Å². The van der Waals surface area contributed by atoms with Crippen LogP contribution >= 0.6 is 0 Å². The van der Waals surface area contributed by atoms with Gasteiger partial charge in [0.1, 0.15) is 5.75 Å². The minimum Gasteiger partial charge on any atom is -0.484 e. The zero-order valence-corrected chi connectivity index (χ0v) is 10.5. The second-order valence-corrected chi connectivity index (χ2v) is 4.10. The van der Waals surface area contributed by atoms with Crippen molar-refractivity contribution in [2.45, 2.75) is 12.7 Å². The number of halogens is 3. The van der Waals surface area contributed by atoms with E-state index in [1.54, 1.807) is 18.3 Å². The highest BCUT2D eigenvalue weighted by molar-refractivity contribution is 5.46. The second-order valence-electron chi connectivity index (χ2n) is 4.10. The molecule has 1 heterocycles. The first-order chi connectivity index (χ1) is 9.53. The normalized spacial score (nSPS) is 11.2. The molecule has 0 spiro atoms. The largest absolute Gasteiger partial charge is 0.484 e. The van der Waals surface area contributed by atoms with Gasteiger partial charge in [-0.25, -0.2) is 0 Å². The number of pyridine rings is 1. The number of rotatable bonds is 5. The molecular weight excluding hydrogens is 269 g/mol. The number of hydrogen-bond donors (Lipinski definition) is 1. The van der Waals surface area contributed by atoms with E-state index in [1.165, 1.54) is 12.1 Å². The van der Waals surface area contributed by atoms with Crippen LogP contribution in [0.2, 0.25) is 0 Å². The van der Waals surface area contributed by atoms with Crippen molar-refractivity contribution in [2.24, 2.45) is 0 Å². The zero-order chi connectivity index (χ0) is 14.4. The topological polar surface area (TPSA) is 34.1 Å². The predicted octanol–water partition coefficient (Wildman–Crippen LogP) is 3.63. The maximum Gasteiger partial charge on any atom is 0.422 e. The van der Waals surface area contributed by atoms with E-state index in [4.69, 9.17) is 0 Å². The average Bonchev–Trinajstić information content (AvgIpc) is 2.44. The molecule has 0 atom stereocenters. The molecule has 106 valence electrons. The summed E-state index contributed by atoms with van der Waals surface area (Å²) in [6.45, 7) is -0.739. The lowest BCUT2D eigenvalue weighted by molar-refractivity contribution is -0.153. The highest BCUT2D eigenvalue weighted by Crippen LogP contribution is 2.20. The molecule has 2 aromatic rings. The Labute approximate surface area is 114 Å². The summed E-state index contributed by atoms with van der Waals surface area (Å²) in [5.41, 5.74) is 1.67. The number of aromatic nitrogens is 1. The van der Waals surface area contributed by atoms with Gasteiger partial charge in [-0.05, 0) is 36.4 Å². The number of ether oxygens (including phenoxy) is 1. The third-order valence-corrected chi connectivity index (χ3v) is 2.46. The predicted molar refractivity (Wildman–Crippen MR) is 69.6 cm³/mol. The van der Waals surface area contributed by atoms with Crippen molar-refractivity contribution in [1.82, 2.24) is 4.98 Å². The van der Waals surface area contributed by atoms with Gasteiger partial charge >= 0.3 is 6.18 Å². The molecule has 20 heavy (non-hydrogen) atoms. The first-order valence-electron chi connectivity index (χ1n) is 5.96. The van der Waals surface area contributed by atoms with E-state index in [2.05, 4.69) is 15.0 Å². The highest BCUT2D eigenvalue weighted by atomic mass is 19.4. The Hall–Kier alpha value is -2.24. The number of alkyl halides is 3. The molecule has 2 rings (SSSR count). The SMILES string of the molecule is FC(F)(F)COc1ccc(NCc2ccccn2)cc1. The Morgan fingerprint density at radius 3 is 2.40 bits per heavy atom. The van der Waals surface area contributed by atoms with E-state index in [1.807, 2.05) is 18.2 Å². The van der Waals surface area contributed by atoms with Crippen molar-refractivity contribution in [3.8, 4) is 5.75 Å². The van der Waals surface area contributed by atoms with Crippen LogP contribution in [0.5, 0.6) is 5.75 Å². The summed E-state index contributed by atoms with van der Waals surface area (Å²) in [4.78, 5) is 4.16. The molecular formula is C14H13F3N2O. The molecule has 0 bridgehead atoms. The Balaban J connectivity index is 1.85. The van der Waals surface area contributed by atoms with Crippen LogP contribution in [0.3, 0.4) is 0 Å². The van der Waals surface area contributed by atoms with E-state index in [0.717, 1.165) is 11.4 Å². The van der Waals surface area contributed by atoms with Gasteiger partial charge in [0.05, 0.1) is 12.2 Å². The van der Waals surface area contributed by atoms with Crippen LogP contribution in [0.1, 0.15) is 5.69 Å². The maximum atomic E-state index is 12.0. The molecule has 0 amide bonds. The van der Waals surface area contributed by atoms with Gasteiger partial charge in [-0.3, -0.25) is 4.98 Å². The monoisotopic (exact) mass is 282 g/mol. The minimum atomic E-state index is -4.32. The summed E-state index contributed by atoms with van der Waals surface area (Å²) in [5, 5.41) is 3.12. The first-order valence-corrected chi connectivity index (χ1v) is 5.96. The van der Waals surface area contributed by atoms with Crippen LogP contribution in [-0.2, 0) is 6.54 Å². The van der Waals surface area contributed by atoms with Gasteiger partial charge in [-0.15, -0.1) is 0 Å². The van der Waals surface area contributed by atoms with Crippen molar-refractivity contribution in [3.63, 3.8) is 0 Å². The Morgan fingerprint density at radius 2 is 1.80 bits per heavy atom. The van der Waals surface area contributed by atoms with Crippen molar-refractivity contribution >= 4 is 5.69 Å². The molecule has 0 saturated carbocycles. The lowest BCUT2D eigenvalue weighted by atomic mass is 10.3. The van der Waals surface area contributed by atoms with E-state index in [0.29, 0.717) is 6.54 Å². The summed E-state index contributed by atoms with van der Waals surface area (Å²) in [7, 11) is 0. The molecule has 0 fully saturated rings. The Morgan fingerprint density at radius 1 is 1.05 bits per heavy atom. The van der Waals surface area contributed by atoms with Crippen LogP contribution in [0.25, 0.3) is 0 Å². The fourth-order valence-electron chi connectivity index (χ4n) is 1.53. The smallest absolute Gasteiger partial charge is 0.422 e. The number of nitrogens with zero attached hydrogens (tertiary/aromatic N) is 1. The van der Waals surface area contributed by atoms with E-state index < -0.39 is 12.8 Å². The molecule has 0 radical (unpaired) electrons. The first kappa shape index (κ1) is 14.2. The minimum absolute atomic E-state index is 0.186. The highest BCUT2D eigenvalue weighted by Gasteiger charge is 2.28. The van der Waals surface area contributed by atoms with Gasteiger partial charge in [-0.1, -0.05) is 6.07 Å². The van der Waals surface area contributed by atoms with Crippen LogP contribution in [0.4, 0.5) is 18.9 Å². The van der Waals surface area contributed by atoms with Crippen molar-refractivity contribution in [2.75, 3.05) is 11.9 Å².